The van der Waals surface area contributed by atoms with E-state index in [0.717, 1.165) is 5.56 Å². The van der Waals surface area contributed by atoms with Crippen molar-refractivity contribution >= 4 is 12.8 Å². The molecule has 0 saturated heterocycles. The highest BCUT2D eigenvalue weighted by molar-refractivity contribution is 5.55. The minimum atomic E-state index is 1.16. The van der Waals surface area contributed by atoms with Crippen molar-refractivity contribution in [1.82, 2.24) is 4.57 Å². The maximum absolute atomic E-state index is 3.71. The van der Waals surface area contributed by atoms with E-state index in [0.29, 0.717) is 0 Å². The molecule has 1 heterocycles. The first kappa shape index (κ1) is 10.4. The van der Waals surface area contributed by atoms with Crippen LogP contribution in [0.3, 0.4) is 0 Å². The molecular weight excluding hydrogens is 196 g/mol. The van der Waals surface area contributed by atoms with Gasteiger partial charge in [-0.3, -0.25) is 4.99 Å². The number of rotatable bonds is 3. The Balaban J connectivity index is 2.41. The van der Waals surface area contributed by atoms with E-state index in [1.54, 1.807) is 6.20 Å². The molecule has 0 atom stereocenters. The van der Waals surface area contributed by atoms with Gasteiger partial charge in [0.2, 0.25) is 0 Å². The van der Waals surface area contributed by atoms with E-state index in [-0.39, 0.29) is 0 Å². The Morgan fingerprint density at radius 2 is 1.94 bits per heavy atom. The molecule has 0 aliphatic heterocycles. The third-order valence-corrected chi connectivity index (χ3v) is 2.58. The van der Waals surface area contributed by atoms with Crippen molar-refractivity contribution in [1.29, 1.82) is 0 Å². The summed E-state index contributed by atoms with van der Waals surface area (Å²) in [6.45, 7) is 5.52. The number of hydrogen-bond donors (Lipinski definition) is 0. The van der Waals surface area contributed by atoms with Crippen LogP contribution in [0, 0.1) is 6.92 Å². The van der Waals surface area contributed by atoms with Gasteiger partial charge in [-0.05, 0) is 43.5 Å². The highest BCUT2D eigenvalue weighted by Gasteiger charge is 2.02. The Labute approximate surface area is 95.6 Å². The second kappa shape index (κ2) is 4.62. The average molecular weight is 210 g/mol. The SMILES string of the molecule is C=NC=Cc1ccn(-c2ccccc2)c1C. The van der Waals surface area contributed by atoms with Crippen LogP contribution < -0.4 is 0 Å². The largest absolute Gasteiger partial charge is 0.321 e. The van der Waals surface area contributed by atoms with Crippen LogP contribution in [0.4, 0.5) is 0 Å². The van der Waals surface area contributed by atoms with Gasteiger partial charge in [-0.25, -0.2) is 0 Å². The van der Waals surface area contributed by atoms with E-state index in [9.17, 15) is 0 Å². The number of hydrogen-bond acceptors (Lipinski definition) is 1. The Kier molecular flexibility index (Phi) is 3.01. The molecule has 2 aromatic rings. The van der Waals surface area contributed by atoms with E-state index in [1.807, 2.05) is 24.3 Å². The summed E-state index contributed by atoms with van der Waals surface area (Å²) in [6, 6.07) is 12.3. The van der Waals surface area contributed by atoms with Crippen molar-refractivity contribution in [2.45, 2.75) is 6.92 Å². The molecule has 0 saturated carbocycles. The van der Waals surface area contributed by atoms with Crippen molar-refractivity contribution < 1.29 is 0 Å². The lowest BCUT2D eigenvalue weighted by Gasteiger charge is -2.05. The molecule has 80 valence electrons. The van der Waals surface area contributed by atoms with Crippen LogP contribution in [0.15, 0.2) is 53.8 Å². The summed E-state index contributed by atoms with van der Waals surface area (Å²) in [5, 5.41) is 0. The summed E-state index contributed by atoms with van der Waals surface area (Å²) in [5.41, 5.74) is 3.54. The molecule has 0 aliphatic carbocycles. The zero-order valence-electron chi connectivity index (χ0n) is 9.30. The molecule has 0 aliphatic rings. The number of para-hydroxylation sites is 1. The summed E-state index contributed by atoms with van der Waals surface area (Å²) < 4.78 is 2.16. The molecule has 1 aromatic heterocycles. The average Bonchev–Trinajstić information content (AvgIpc) is 2.69. The number of nitrogens with zero attached hydrogens (tertiary/aromatic N) is 2. The fourth-order valence-corrected chi connectivity index (χ4v) is 1.70. The summed E-state index contributed by atoms with van der Waals surface area (Å²) in [7, 11) is 0. The molecular formula is C14H14N2. The van der Waals surface area contributed by atoms with Crippen molar-refractivity contribution in [3.8, 4) is 5.69 Å². The van der Waals surface area contributed by atoms with Crippen LogP contribution in [-0.4, -0.2) is 11.3 Å². The van der Waals surface area contributed by atoms with Crippen molar-refractivity contribution in [3.05, 3.63) is 60.1 Å². The second-order valence-electron chi connectivity index (χ2n) is 3.56. The Bertz CT molecular complexity index is 507. The molecule has 0 fully saturated rings. The van der Waals surface area contributed by atoms with Crippen molar-refractivity contribution in [2.75, 3.05) is 0 Å². The first-order valence-electron chi connectivity index (χ1n) is 5.18. The van der Waals surface area contributed by atoms with Gasteiger partial charge < -0.3 is 4.57 Å². The number of aliphatic imine (C=N–C) groups is 1. The zero-order valence-corrected chi connectivity index (χ0v) is 9.30. The number of aromatic nitrogens is 1. The molecule has 16 heavy (non-hydrogen) atoms. The van der Waals surface area contributed by atoms with Crippen LogP contribution in [0.5, 0.6) is 0 Å². The lowest BCUT2D eigenvalue weighted by molar-refractivity contribution is 1.01. The third-order valence-electron chi connectivity index (χ3n) is 2.58. The van der Waals surface area contributed by atoms with E-state index < -0.39 is 0 Å². The molecule has 0 spiro atoms. The van der Waals surface area contributed by atoms with Gasteiger partial charge in [-0.2, -0.15) is 0 Å². The molecule has 1 aromatic carbocycles. The lowest BCUT2D eigenvalue weighted by Crippen LogP contribution is -1.94. The molecule has 0 N–H and O–H groups in total. The number of benzene rings is 1. The fourth-order valence-electron chi connectivity index (χ4n) is 1.70. The molecule has 0 radical (unpaired) electrons. The van der Waals surface area contributed by atoms with Gasteiger partial charge in [0, 0.05) is 23.8 Å². The Hall–Kier alpha value is -2.09. The minimum absolute atomic E-state index is 1.16. The summed E-state index contributed by atoms with van der Waals surface area (Å²) >= 11 is 0. The highest BCUT2D eigenvalue weighted by Crippen LogP contribution is 2.17. The molecule has 0 amide bonds. The van der Waals surface area contributed by atoms with Gasteiger partial charge in [-0.15, -0.1) is 0 Å². The Morgan fingerprint density at radius 3 is 2.62 bits per heavy atom. The van der Waals surface area contributed by atoms with Crippen LogP contribution >= 0.6 is 0 Å². The lowest BCUT2D eigenvalue weighted by atomic mass is 10.2. The van der Waals surface area contributed by atoms with Crippen LogP contribution in [0.1, 0.15) is 11.3 Å². The summed E-state index contributed by atoms with van der Waals surface area (Å²) in [4.78, 5) is 3.71. The van der Waals surface area contributed by atoms with Crippen molar-refractivity contribution in [3.63, 3.8) is 0 Å². The fraction of sp³-hybridized carbons (Fsp3) is 0.0714. The maximum atomic E-state index is 3.71. The van der Waals surface area contributed by atoms with Crippen molar-refractivity contribution in [2.24, 2.45) is 4.99 Å². The van der Waals surface area contributed by atoms with E-state index in [1.165, 1.54) is 11.4 Å². The zero-order chi connectivity index (χ0) is 11.4. The van der Waals surface area contributed by atoms with Gasteiger partial charge in [-0.1, -0.05) is 18.2 Å². The predicted octanol–water partition coefficient (Wildman–Crippen LogP) is 3.46. The topological polar surface area (TPSA) is 17.3 Å². The van der Waals surface area contributed by atoms with Crippen LogP contribution in [0.25, 0.3) is 11.8 Å². The quantitative estimate of drug-likeness (QED) is 0.690. The van der Waals surface area contributed by atoms with E-state index in [2.05, 4.69) is 47.6 Å². The molecule has 0 unspecified atom stereocenters. The molecule has 2 nitrogen and oxygen atoms in total. The Morgan fingerprint density at radius 1 is 1.19 bits per heavy atom. The van der Waals surface area contributed by atoms with Gasteiger partial charge in [0.25, 0.3) is 0 Å². The molecule has 2 heteroatoms. The van der Waals surface area contributed by atoms with Crippen LogP contribution in [0.2, 0.25) is 0 Å². The first-order chi connectivity index (χ1) is 7.83. The predicted molar refractivity (Wildman–Crippen MR) is 69.1 cm³/mol. The standard InChI is InChI=1S/C14H14N2/c1-12-13(8-10-15-2)9-11-16(12)14-6-4-3-5-7-14/h3-11H,2H2,1H3. The van der Waals surface area contributed by atoms with Gasteiger partial charge >= 0.3 is 0 Å². The van der Waals surface area contributed by atoms with Crippen LogP contribution in [-0.2, 0) is 0 Å². The smallest absolute Gasteiger partial charge is 0.0452 e. The summed E-state index contributed by atoms with van der Waals surface area (Å²) in [6.07, 6.45) is 5.73. The monoisotopic (exact) mass is 210 g/mol. The van der Waals surface area contributed by atoms with Gasteiger partial charge in [0.05, 0.1) is 0 Å². The van der Waals surface area contributed by atoms with Gasteiger partial charge in [0.1, 0.15) is 0 Å². The first-order valence-corrected chi connectivity index (χ1v) is 5.18. The van der Waals surface area contributed by atoms with E-state index >= 15 is 0 Å². The second-order valence-corrected chi connectivity index (χ2v) is 3.56. The highest BCUT2D eigenvalue weighted by atomic mass is 15.0. The minimum Gasteiger partial charge on any atom is -0.321 e. The molecule has 0 bridgehead atoms. The summed E-state index contributed by atoms with van der Waals surface area (Å²) in [5.74, 6) is 0. The normalized spacial score (nSPS) is 10.8. The maximum Gasteiger partial charge on any atom is 0.0452 e. The van der Waals surface area contributed by atoms with Gasteiger partial charge in [0.15, 0.2) is 0 Å². The third kappa shape index (κ3) is 1.96. The van der Waals surface area contributed by atoms with E-state index in [4.69, 9.17) is 0 Å². The molecule has 2 rings (SSSR count).